The first-order valence-corrected chi connectivity index (χ1v) is 9.69. The predicted octanol–water partition coefficient (Wildman–Crippen LogP) is 2.57. The van der Waals surface area contributed by atoms with E-state index in [4.69, 9.17) is 4.74 Å². The molecule has 0 saturated carbocycles. The molecule has 1 heterocycles. The van der Waals surface area contributed by atoms with Crippen LogP contribution in [0.5, 0.6) is 5.75 Å². The molecule has 0 radical (unpaired) electrons. The summed E-state index contributed by atoms with van der Waals surface area (Å²) in [5.41, 5.74) is 1.24. The molecule has 6 nitrogen and oxygen atoms in total. The third-order valence-corrected chi connectivity index (χ3v) is 5.09. The second kappa shape index (κ2) is 13.2. The number of likely N-dealkylation sites (N-methyl/N-ethyl adjacent to an activating group) is 1. The lowest BCUT2D eigenvalue weighted by atomic mass is 10.0. The van der Waals surface area contributed by atoms with Crippen LogP contribution in [0.3, 0.4) is 0 Å². The SMILES string of the molecule is CCN(C)CCNC(=NC)NCC(c1ccccc1OC)N1CCCC1.I. The van der Waals surface area contributed by atoms with Crippen molar-refractivity contribution in [2.24, 2.45) is 4.99 Å². The fourth-order valence-corrected chi connectivity index (χ4v) is 3.37. The van der Waals surface area contributed by atoms with Crippen LogP contribution in [0.4, 0.5) is 0 Å². The quantitative estimate of drug-likeness (QED) is 0.317. The number of hydrogen-bond donors (Lipinski definition) is 2. The summed E-state index contributed by atoms with van der Waals surface area (Å²) in [5.74, 6) is 1.81. The Morgan fingerprint density at radius 3 is 2.59 bits per heavy atom. The number of guanidine groups is 1. The molecule has 1 aromatic carbocycles. The van der Waals surface area contributed by atoms with Crippen molar-refractivity contribution in [3.63, 3.8) is 0 Å². The molecular weight excluding hydrogens is 453 g/mol. The number of methoxy groups -OCH3 is 1. The summed E-state index contributed by atoms with van der Waals surface area (Å²) in [6.45, 7) is 8.19. The van der Waals surface area contributed by atoms with E-state index in [9.17, 15) is 0 Å². The van der Waals surface area contributed by atoms with Gasteiger partial charge in [-0.15, -0.1) is 24.0 Å². The highest BCUT2D eigenvalue weighted by Gasteiger charge is 2.25. The molecule has 0 aromatic heterocycles. The molecule has 1 unspecified atom stereocenters. The highest BCUT2D eigenvalue weighted by molar-refractivity contribution is 14.0. The van der Waals surface area contributed by atoms with Crippen molar-refractivity contribution in [3.05, 3.63) is 29.8 Å². The van der Waals surface area contributed by atoms with E-state index in [-0.39, 0.29) is 30.0 Å². The number of aliphatic imine (C=N–C) groups is 1. The molecule has 154 valence electrons. The van der Waals surface area contributed by atoms with Crippen LogP contribution in [0.1, 0.15) is 31.4 Å². The minimum Gasteiger partial charge on any atom is -0.496 e. The zero-order valence-electron chi connectivity index (χ0n) is 17.2. The van der Waals surface area contributed by atoms with Gasteiger partial charge in [-0.3, -0.25) is 9.89 Å². The molecule has 1 saturated heterocycles. The maximum atomic E-state index is 5.62. The van der Waals surface area contributed by atoms with Crippen LogP contribution in [0, 0.1) is 0 Å². The number of rotatable bonds is 9. The van der Waals surface area contributed by atoms with Gasteiger partial charge in [-0.25, -0.2) is 0 Å². The molecule has 0 spiro atoms. The summed E-state index contributed by atoms with van der Waals surface area (Å²) < 4.78 is 5.62. The fourth-order valence-electron chi connectivity index (χ4n) is 3.37. The topological polar surface area (TPSA) is 52.1 Å². The number of likely N-dealkylation sites (tertiary alicyclic amines) is 1. The molecule has 1 atom stereocenters. The number of para-hydroxylation sites is 1. The standard InChI is InChI=1S/C20H35N5O.HI/c1-5-24(3)15-12-22-20(21-2)23-16-18(25-13-8-9-14-25)17-10-6-7-11-19(17)26-4;/h6-7,10-11,18H,5,8-9,12-16H2,1-4H3,(H2,21,22,23);1H. The van der Waals surface area contributed by atoms with Crippen molar-refractivity contribution < 1.29 is 4.74 Å². The Morgan fingerprint density at radius 1 is 1.26 bits per heavy atom. The number of hydrogen-bond acceptors (Lipinski definition) is 4. The summed E-state index contributed by atoms with van der Waals surface area (Å²) in [6.07, 6.45) is 2.53. The summed E-state index contributed by atoms with van der Waals surface area (Å²) in [7, 11) is 5.70. The van der Waals surface area contributed by atoms with Gasteiger partial charge in [-0.05, 0) is 45.6 Å². The summed E-state index contributed by atoms with van der Waals surface area (Å²) in [4.78, 5) is 9.20. The van der Waals surface area contributed by atoms with Gasteiger partial charge in [0.1, 0.15) is 5.75 Å². The monoisotopic (exact) mass is 489 g/mol. The first-order chi connectivity index (χ1) is 12.7. The van der Waals surface area contributed by atoms with E-state index in [1.54, 1.807) is 7.11 Å². The van der Waals surface area contributed by atoms with Crippen LogP contribution < -0.4 is 15.4 Å². The molecule has 1 fully saturated rings. The summed E-state index contributed by atoms with van der Waals surface area (Å²) in [5, 5.41) is 6.92. The third-order valence-electron chi connectivity index (χ3n) is 5.09. The first-order valence-electron chi connectivity index (χ1n) is 9.69. The highest BCUT2D eigenvalue weighted by atomic mass is 127. The zero-order valence-corrected chi connectivity index (χ0v) is 19.5. The van der Waals surface area contributed by atoms with E-state index < -0.39 is 0 Å². The molecule has 2 rings (SSSR count). The van der Waals surface area contributed by atoms with E-state index in [0.29, 0.717) is 0 Å². The number of nitrogens with zero attached hydrogens (tertiary/aromatic N) is 3. The van der Waals surface area contributed by atoms with Gasteiger partial charge in [-0.2, -0.15) is 0 Å². The van der Waals surface area contributed by atoms with Crippen molar-refractivity contribution in [2.75, 3.05) is 60.5 Å². The van der Waals surface area contributed by atoms with Crippen LogP contribution in [0.25, 0.3) is 0 Å². The largest absolute Gasteiger partial charge is 0.496 e. The number of benzene rings is 1. The van der Waals surface area contributed by atoms with Crippen LogP contribution in [-0.4, -0.2) is 76.2 Å². The van der Waals surface area contributed by atoms with E-state index >= 15 is 0 Å². The Balaban J connectivity index is 0.00000364. The number of nitrogens with one attached hydrogen (secondary N) is 2. The zero-order chi connectivity index (χ0) is 18.8. The van der Waals surface area contributed by atoms with Gasteiger partial charge >= 0.3 is 0 Å². The van der Waals surface area contributed by atoms with Crippen molar-refractivity contribution in [3.8, 4) is 5.75 Å². The molecule has 2 N–H and O–H groups in total. The molecule has 1 aliphatic rings. The lowest BCUT2D eigenvalue weighted by molar-refractivity contribution is 0.239. The van der Waals surface area contributed by atoms with Crippen LogP contribution in [0.2, 0.25) is 0 Å². The maximum Gasteiger partial charge on any atom is 0.191 e. The summed E-state index contributed by atoms with van der Waals surface area (Å²) in [6, 6.07) is 8.63. The minimum absolute atomic E-state index is 0. The Kier molecular flexibility index (Phi) is 11.7. The van der Waals surface area contributed by atoms with Gasteiger partial charge in [0, 0.05) is 32.2 Å². The second-order valence-electron chi connectivity index (χ2n) is 6.78. The van der Waals surface area contributed by atoms with Crippen molar-refractivity contribution in [1.82, 2.24) is 20.4 Å². The van der Waals surface area contributed by atoms with Crippen molar-refractivity contribution in [2.45, 2.75) is 25.8 Å². The van der Waals surface area contributed by atoms with E-state index in [2.05, 4.69) is 51.5 Å². The smallest absolute Gasteiger partial charge is 0.191 e. The highest BCUT2D eigenvalue weighted by Crippen LogP contribution is 2.31. The third kappa shape index (κ3) is 7.46. The van der Waals surface area contributed by atoms with Crippen molar-refractivity contribution >= 4 is 29.9 Å². The van der Waals surface area contributed by atoms with Gasteiger partial charge in [0.05, 0.1) is 13.2 Å². The van der Waals surface area contributed by atoms with Gasteiger partial charge in [0.15, 0.2) is 5.96 Å². The molecule has 1 aliphatic heterocycles. The molecule has 0 aliphatic carbocycles. The molecule has 0 amide bonds. The Morgan fingerprint density at radius 2 is 1.96 bits per heavy atom. The summed E-state index contributed by atoms with van der Waals surface area (Å²) >= 11 is 0. The van der Waals surface area contributed by atoms with Crippen LogP contribution in [-0.2, 0) is 0 Å². The maximum absolute atomic E-state index is 5.62. The lowest BCUT2D eigenvalue weighted by Crippen LogP contribution is -2.44. The average molecular weight is 489 g/mol. The van der Waals surface area contributed by atoms with Crippen LogP contribution in [0.15, 0.2) is 29.3 Å². The van der Waals surface area contributed by atoms with Gasteiger partial charge in [0.25, 0.3) is 0 Å². The van der Waals surface area contributed by atoms with Gasteiger partial charge < -0.3 is 20.3 Å². The first kappa shape index (κ1) is 24.0. The molecule has 7 heteroatoms. The van der Waals surface area contributed by atoms with E-state index in [1.807, 2.05) is 19.2 Å². The molecule has 27 heavy (non-hydrogen) atoms. The normalized spacial score (nSPS) is 16.1. The number of ether oxygens (including phenoxy) is 1. The van der Waals surface area contributed by atoms with Gasteiger partial charge in [0.2, 0.25) is 0 Å². The Labute approximate surface area is 181 Å². The second-order valence-corrected chi connectivity index (χ2v) is 6.78. The minimum atomic E-state index is 0. The van der Waals surface area contributed by atoms with E-state index in [1.165, 1.54) is 18.4 Å². The molecular formula is C20H36IN5O. The van der Waals surface area contributed by atoms with Crippen molar-refractivity contribution in [1.29, 1.82) is 0 Å². The molecule has 0 bridgehead atoms. The number of halogens is 1. The van der Waals surface area contributed by atoms with Gasteiger partial charge in [-0.1, -0.05) is 25.1 Å². The predicted molar refractivity (Wildman–Crippen MR) is 124 cm³/mol. The Hall–Kier alpha value is -1.06. The molecule has 1 aromatic rings. The average Bonchev–Trinajstić information content (AvgIpc) is 3.21. The van der Waals surface area contributed by atoms with Crippen LogP contribution >= 0.6 is 24.0 Å². The fraction of sp³-hybridized carbons (Fsp3) is 0.650. The lowest BCUT2D eigenvalue weighted by Gasteiger charge is -2.30. The van der Waals surface area contributed by atoms with E-state index in [0.717, 1.165) is 51.0 Å². The Bertz CT molecular complexity index is 563.